The number of amides is 1. The van der Waals surface area contributed by atoms with Crippen molar-refractivity contribution in [2.24, 2.45) is 0 Å². The van der Waals surface area contributed by atoms with Crippen LogP contribution in [0.15, 0.2) is 48.0 Å². The molecule has 8 heteroatoms. The average molecular weight is 469 g/mol. The van der Waals surface area contributed by atoms with Gasteiger partial charge in [-0.3, -0.25) is 9.59 Å². The summed E-state index contributed by atoms with van der Waals surface area (Å²) >= 11 is 0. The van der Waals surface area contributed by atoms with Crippen molar-refractivity contribution in [3.8, 4) is 17.2 Å². The van der Waals surface area contributed by atoms with Gasteiger partial charge in [-0.15, -0.1) is 0 Å². The number of likely N-dealkylation sites (N-methyl/N-ethyl adjacent to an activating group) is 1. The van der Waals surface area contributed by atoms with Gasteiger partial charge in [0.05, 0.1) is 32.4 Å². The standard InChI is InChI=1S/C26H32N2O6/c1-6-14-34-20-11-10-17(16-21(20)33-5)23-22(24(29)18-8-7-9-19(15-18)32-4)25(30)26(31)28(23)13-12-27(2)3/h7-11,15-16,23,29H,6,12-14H2,1-5H3/t23-/m0/s1. The van der Waals surface area contributed by atoms with E-state index >= 15 is 0 Å². The number of ether oxygens (including phenoxy) is 3. The summed E-state index contributed by atoms with van der Waals surface area (Å²) in [6, 6.07) is 11.3. The van der Waals surface area contributed by atoms with E-state index in [0.717, 1.165) is 6.42 Å². The van der Waals surface area contributed by atoms with Crippen LogP contribution in [0.1, 0.15) is 30.5 Å². The van der Waals surface area contributed by atoms with E-state index in [-0.39, 0.29) is 11.3 Å². The second-order valence-electron chi connectivity index (χ2n) is 8.29. The molecule has 0 radical (unpaired) electrons. The number of Topliss-reactive ketones (excluding diaryl/α,β-unsaturated/α-hetero) is 1. The summed E-state index contributed by atoms with van der Waals surface area (Å²) < 4.78 is 16.5. The van der Waals surface area contributed by atoms with Gasteiger partial charge in [0.25, 0.3) is 11.7 Å². The van der Waals surface area contributed by atoms with Gasteiger partial charge in [-0.1, -0.05) is 25.1 Å². The summed E-state index contributed by atoms with van der Waals surface area (Å²) in [5.74, 6) is -0.0333. The lowest BCUT2D eigenvalue weighted by Crippen LogP contribution is -2.35. The van der Waals surface area contributed by atoms with Crippen molar-refractivity contribution in [1.29, 1.82) is 0 Å². The number of nitrogens with zero attached hydrogens (tertiary/aromatic N) is 2. The van der Waals surface area contributed by atoms with Crippen molar-refractivity contribution in [3.63, 3.8) is 0 Å². The minimum atomic E-state index is -0.778. The predicted octanol–water partition coefficient (Wildman–Crippen LogP) is 3.48. The van der Waals surface area contributed by atoms with Crippen LogP contribution in [0.25, 0.3) is 5.76 Å². The zero-order valence-corrected chi connectivity index (χ0v) is 20.3. The van der Waals surface area contributed by atoms with Gasteiger partial charge in [0.2, 0.25) is 0 Å². The summed E-state index contributed by atoms with van der Waals surface area (Å²) in [4.78, 5) is 29.7. The minimum absolute atomic E-state index is 0.0290. The Bertz CT molecular complexity index is 1080. The first-order valence-corrected chi connectivity index (χ1v) is 11.2. The van der Waals surface area contributed by atoms with E-state index in [9.17, 15) is 14.7 Å². The maximum atomic E-state index is 13.2. The van der Waals surface area contributed by atoms with Crippen LogP contribution < -0.4 is 14.2 Å². The SMILES string of the molecule is CCCOc1ccc([C@H]2C(=C(O)c3cccc(OC)c3)C(=O)C(=O)N2CCN(C)C)cc1OC. The number of likely N-dealkylation sites (tertiary alicyclic amines) is 1. The Morgan fingerprint density at radius 1 is 1.06 bits per heavy atom. The molecule has 3 rings (SSSR count). The summed E-state index contributed by atoms with van der Waals surface area (Å²) in [6.45, 7) is 3.41. The normalized spacial score (nSPS) is 17.4. The molecule has 1 fully saturated rings. The third kappa shape index (κ3) is 5.17. The monoisotopic (exact) mass is 468 g/mol. The van der Waals surface area contributed by atoms with Crippen LogP contribution in [0.4, 0.5) is 0 Å². The topological polar surface area (TPSA) is 88.5 Å². The molecule has 0 bridgehead atoms. The van der Waals surface area contributed by atoms with Crippen molar-refractivity contribution < 1.29 is 28.9 Å². The summed E-state index contributed by atoms with van der Waals surface area (Å²) in [5, 5.41) is 11.2. The number of carbonyl (C=O) groups excluding carboxylic acids is 2. The lowest BCUT2D eigenvalue weighted by atomic mass is 9.95. The molecule has 1 aliphatic heterocycles. The second-order valence-corrected chi connectivity index (χ2v) is 8.29. The zero-order valence-electron chi connectivity index (χ0n) is 20.3. The Morgan fingerprint density at radius 2 is 1.82 bits per heavy atom. The minimum Gasteiger partial charge on any atom is -0.507 e. The maximum Gasteiger partial charge on any atom is 0.295 e. The number of rotatable bonds is 10. The number of benzene rings is 2. The highest BCUT2D eigenvalue weighted by atomic mass is 16.5. The summed E-state index contributed by atoms with van der Waals surface area (Å²) in [6.07, 6.45) is 0.843. The number of hydrogen-bond acceptors (Lipinski definition) is 7. The summed E-state index contributed by atoms with van der Waals surface area (Å²) in [7, 11) is 6.85. The number of carbonyl (C=O) groups is 2. The molecule has 8 nitrogen and oxygen atoms in total. The molecule has 1 N–H and O–H groups in total. The number of aliphatic hydroxyl groups is 1. The quantitative estimate of drug-likeness (QED) is 0.324. The Hall–Kier alpha value is -3.52. The third-order valence-electron chi connectivity index (χ3n) is 5.64. The van der Waals surface area contributed by atoms with Gasteiger partial charge in [-0.25, -0.2) is 0 Å². The molecule has 2 aromatic rings. The highest BCUT2D eigenvalue weighted by Crippen LogP contribution is 2.42. The van der Waals surface area contributed by atoms with E-state index in [0.29, 0.717) is 48.1 Å². The maximum absolute atomic E-state index is 13.2. The van der Waals surface area contributed by atoms with Gasteiger partial charge < -0.3 is 29.1 Å². The lowest BCUT2D eigenvalue weighted by Gasteiger charge is -2.27. The van der Waals surface area contributed by atoms with E-state index in [1.165, 1.54) is 19.1 Å². The first kappa shape index (κ1) is 25.1. The van der Waals surface area contributed by atoms with Crippen LogP contribution in [0.2, 0.25) is 0 Å². The smallest absolute Gasteiger partial charge is 0.295 e. The first-order chi connectivity index (χ1) is 16.3. The molecular weight excluding hydrogens is 436 g/mol. The van der Waals surface area contributed by atoms with Gasteiger partial charge in [-0.2, -0.15) is 0 Å². The van der Waals surface area contributed by atoms with E-state index in [4.69, 9.17) is 14.2 Å². The molecule has 1 saturated heterocycles. The van der Waals surface area contributed by atoms with E-state index < -0.39 is 17.7 Å². The van der Waals surface area contributed by atoms with Crippen LogP contribution >= 0.6 is 0 Å². The molecule has 182 valence electrons. The zero-order chi connectivity index (χ0) is 24.8. The van der Waals surface area contributed by atoms with Gasteiger partial charge >= 0.3 is 0 Å². The van der Waals surface area contributed by atoms with Gasteiger partial charge in [0.15, 0.2) is 11.5 Å². The molecular formula is C26H32N2O6. The van der Waals surface area contributed by atoms with Crippen LogP contribution in [0.3, 0.4) is 0 Å². The van der Waals surface area contributed by atoms with Crippen LogP contribution in [-0.4, -0.2) is 74.6 Å². The molecule has 34 heavy (non-hydrogen) atoms. The van der Waals surface area contributed by atoms with Crippen molar-refractivity contribution in [2.75, 3.05) is 48.0 Å². The molecule has 0 aliphatic carbocycles. The van der Waals surface area contributed by atoms with Crippen molar-refractivity contribution in [3.05, 3.63) is 59.2 Å². The Labute approximate surface area is 200 Å². The van der Waals surface area contributed by atoms with Crippen molar-refractivity contribution in [2.45, 2.75) is 19.4 Å². The van der Waals surface area contributed by atoms with E-state index in [1.54, 1.807) is 42.5 Å². The fourth-order valence-electron chi connectivity index (χ4n) is 3.88. The van der Waals surface area contributed by atoms with Crippen LogP contribution in [0.5, 0.6) is 17.2 Å². The summed E-state index contributed by atoms with van der Waals surface area (Å²) in [5.41, 5.74) is 1.06. The van der Waals surface area contributed by atoms with Crippen molar-refractivity contribution >= 4 is 17.4 Å². The largest absolute Gasteiger partial charge is 0.507 e. The molecule has 2 aromatic carbocycles. The molecule has 0 saturated carbocycles. The number of ketones is 1. The molecule has 1 atom stereocenters. The molecule has 1 amide bonds. The number of hydrogen-bond donors (Lipinski definition) is 1. The Balaban J connectivity index is 2.15. The fraction of sp³-hybridized carbons (Fsp3) is 0.385. The van der Waals surface area contributed by atoms with Gasteiger partial charge in [0, 0.05) is 18.7 Å². The van der Waals surface area contributed by atoms with Crippen molar-refractivity contribution in [1.82, 2.24) is 9.80 Å². The van der Waals surface area contributed by atoms with E-state index in [1.807, 2.05) is 25.9 Å². The lowest BCUT2D eigenvalue weighted by molar-refractivity contribution is -0.140. The van der Waals surface area contributed by atoms with Gasteiger partial charge in [-0.05, 0) is 50.3 Å². The Morgan fingerprint density at radius 3 is 2.47 bits per heavy atom. The molecule has 1 heterocycles. The Kier molecular flexibility index (Phi) is 8.17. The second kappa shape index (κ2) is 11.1. The molecule has 0 unspecified atom stereocenters. The number of aliphatic hydroxyl groups excluding tert-OH is 1. The number of methoxy groups -OCH3 is 2. The molecule has 0 spiro atoms. The fourth-order valence-corrected chi connectivity index (χ4v) is 3.88. The molecule has 0 aromatic heterocycles. The van der Waals surface area contributed by atoms with Crippen LogP contribution in [-0.2, 0) is 9.59 Å². The average Bonchev–Trinajstić information content (AvgIpc) is 3.10. The highest BCUT2D eigenvalue weighted by molar-refractivity contribution is 6.46. The van der Waals surface area contributed by atoms with E-state index in [2.05, 4.69) is 0 Å². The third-order valence-corrected chi connectivity index (χ3v) is 5.64. The molecule has 1 aliphatic rings. The van der Waals surface area contributed by atoms with Gasteiger partial charge in [0.1, 0.15) is 11.5 Å². The predicted molar refractivity (Wildman–Crippen MR) is 129 cm³/mol. The first-order valence-electron chi connectivity index (χ1n) is 11.2. The highest BCUT2D eigenvalue weighted by Gasteiger charge is 2.46. The van der Waals surface area contributed by atoms with Crippen LogP contribution in [0, 0.1) is 0 Å².